The highest BCUT2D eigenvalue weighted by Gasteiger charge is 2.46. The summed E-state index contributed by atoms with van der Waals surface area (Å²) in [5.41, 5.74) is 11.7. The van der Waals surface area contributed by atoms with Crippen LogP contribution in [0.25, 0.3) is 65.7 Å². The summed E-state index contributed by atoms with van der Waals surface area (Å²) in [6, 6.07) is 62.1. The van der Waals surface area contributed by atoms with Gasteiger partial charge in [-0.1, -0.05) is 146 Å². The summed E-state index contributed by atoms with van der Waals surface area (Å²) in [6.45, 7) is 0. The average Bonchev–Trinajstić information content (AvgIpc) is 3.66. The van der Waals surface area contributed by atoms with Crippen LogP contribution >= 0.6 is 0 Å². The van der Waals surface area contributed by atoms with Crippen molar-refractivity contribution < 1.29 is 4.42 Å². The van der Waals surface area contributed by atoms with Gasteiger partial charge >= 0.3 is 0 Å². The molecular formula is C45H28O. The van der Waals surface area contributed by atoms with E-state index in [-0.39, 0.29) is 0 Å². The fourth-order valence-electron chi connectivity index (χ4n) is 8.13. The standard InChI is InChI=1S/C45H28O/c1-3-12-33(13-4-1)45(34-14-5-2-6-15-34)41-18-10-9-17-36(41)37-24-21-30-19-20-31(27-39(30)43(37)45)32-23-26-42-40(28-32)38-25-22-29-11-7-8-16-35(29)44(38)46-42/h1-28H. The molecule has 0 fully saturated rings. The van der Waals surface area contributed by atoms with E-state index in [0.29, 0.717) is 0 Å². The van der Waals surface area contributed by atoms with Crippen molar-refractivity contribution in [2.24, 2.45) is 0 Å². The van der Waals surface area contributed by atoms with E-state index in [4.69, 9.17) is 4.42 Å². The topological polar surface area (TPSA) is 13.1 Å². The molecule has 1 aliphatic rings. The van der Waals surface area contributed by atoms with Gasteiger partial charge in [0.05, 0.1) is 5.41 Å². The highest BCUT2D eigenvalue weighted by Crippen LogP contribution is 2.58. The van der Waals surface area contributed by atoms with E-state index < -0.39 is 5.41 Å². The molecule has 46 heavy (non-hydrogen) atoms. The van der Waals surface area contributed by atoms with Gasteiger partial charge in [-0.3, -0.25) is 0 Å². The molecule has 0 radical (unpaired) electrons. The molecule has 0 spiro atoms. The molecule has 1 aromatic heterocycles. The number of fused-ring (bicyclic) bond motifs is 10. The number of hydrogen-bond donors (Lipinski definition) is 0. The van der Waals surface area contributed by atoms with Gasteiger partial charge < -0.3 is 4.42 Å². The third-order valence-corrected chi connectivity index (χ3v) is 10.1. The monoisotopic (exact) mass is 584 g/mol. The first kappa shape index (κ1) is 25.4. The zero-order valence-electron chi connectivity index (χ0n) is 25.1. The molecule has 1 heteroatoms. The molecule has 214 valence electrons. The summed E-state index contributed by atoms with van der Waals surface area (Å²) in [5, 5.41) is 7.16. The van der Waals surface area contributed by atoms with Gasteiger partial charge in [0, 0.05) is 16.2 Å². The fraction of sp³-hybridized carbons (Fsp3) is 0.0222. The van der Waals surface area contributed by atoms with Crippen LogP contribution in [0.15, 0.2) is 174 Å². The van der Waals surface area contributed by atoms with Crippen LogP contribution in [0.4, 0.5) is 0 Å². The van der Waals surface area contributed by atoms with Gasteiger partial charge in [-0.05, 0) is 84.9 Å². The molecule has 0 unspecified atom stereocenters. The van der Waals surface area contributed by atoms with Crippen molar-refractivity contribution in [3.63, 3.8) is 0 Å². The number of benzene rings is 8. The minimum atomic E-state index is -0.446. The molecule has 8 aromatic carbocycles. The average molecular weight is 585 g/mol. The second-order valence-electron chi connectivity index (χ2n) is 12.4. The van der Waals surface area contributed by atoms with E-state index in [2.05, 4.69) is 170 Å². The summed E-state index contributed by atoms with van der Waals surface area (Å²) >= 11 is 0. The van der Waals surface area contributed by atoms with Crippen LogP contribution in [0.5, 0.6) is 0 Å². The summed E-state index contributed by atoms with van der Waals surface area (Å²) < 4.78 is 6.45. The molecule has 1 aliphatic carbocycles. The zero-order chi connectivity index (χ0) is 30.2. The predicted octanol–water partition coefficient (Wildman–Crippen LogP) is 11.9. The van der Waals surface area contributed by atoms with Crippen molar-refractivity contribution >= 4 is 43.5 Å². The van der Waals surface area contributed by atoms with E-state index in [1.807, 2.05) is 0 Å². The lowest BCUT2D eigenvalue weighted by Gasteiger charge is -2.34. The molecule has 0 N–H and O–H groups in total. The number of rotatable bonds is 3. The van der Waals surface area contributed by atoms with Crippen molar-refractivity contribution in [3.05, 3.63) is 192 Å². The van der Waals surface area contributed by atoms with Crippen LogP contribution in [0, 0.1) is 0 Å². The van der Waals surface area contributed by atoms with E-state index in [9.17, 15) is 0 Å². The van der Waals surface area contributed by atoms with Crippen molar-refractivity contribution in [3.8, 4) is 22.3 Å². The summed E-state index contributed by atoms with van der Waals surface area (Å²) in [7, 11) is 0. The molecule has 0 bridgehead atoms. The molecule has 0 saturated carbocycles. The Balaban J connectivity index is 1.26. The number of hydrogen-bond acceptors (Lipinski definition) is 1. The maximum absolute atomic E-state index is 6.45. The summed E-state index contributed by atoms with van der Waals surface area (Å²) in [6.07, 6.45) is 0. The van der Waals surface area contributed by atoms with Crippen molar-refractivity contribution in [2.75, 3.05) is 0 Å². The van der Waals surface area contributed by atoms with Gasteiger partial charge in [-0.15, -0.1) is 0 Å². The van der Waals surface area contributed by atoms with Crippen LogP contribution in [0.2, 0.25) is 0 Å². The van der Waals surface area contributed by atoms with Crippen molar-refractivity contribution in [1.82, 2.24) is 0 Å². The van der Waals surface area contributed by atoms with Crippen LogP contribution in [-0.2, 0) is 5.41 Å². The lowest BCUT2D eigenvalue weighted by molar-refractivity contribution is 0.672. The van der Waals surface area contributed by atoms with Crippen LogP contribution in [0.1, 0.15) is 22.3 Å². The van der Waals surface area contributed by atoms with Crippen molar-refractivity contribution in [2.45, 2.75) is 5.41 Å². The largest absolute Gasteiger partial charge is 0.455 e. The Morgan fingerprint density at radius 3 is 1.80 bits per heavy atom. The van der Waals surface area contributed by atoms with Gasteiger partial charge in [0.2, 0.25) is 0 Å². The van der Waals surface area contributed by atoms with E-state index in [1.165, 1.54) is 60.7 Å². The Morgan fingerprint density at radius 2 is 1.00 bits per heavy atom. The first-order valence-corrected chi connectivity index (χ1v) is 15.9. The van der Waals surface area contributed by atoms with Crippen LogP contribution in [-0.4, -0.2) is 0 Å². The molecule has 0 saturated heterocycles. The molecule has 10 rings (SSSR count). The maximum Gasteiger partial charge on any atom is 0.143 e. The number of furan rings is 1. The molecule has 0 aliphatic heterocycles. The molecule has 1 heterocycles. The van der Waals surface area contributed by atoms with Gasteiger partial charge in [-0.2, -0.15) is 0 Å². The zero-order valence-corrected chi connectivity index (χ0v) is 25.1. The van der Waals surface area contributed by atoms with Gasteiger partial charge in [0.25, 0.3) is 0 Å². The first-order chi connectivity index (χ1) is 22.8. The predicted molar refractivity (Wildman–Crippen MR) is 191 cm³/mol. The Bertz CT molecular complexity index is 2590. The SMILES string of the molecule is c1ccc(C2(c3ccccc3)c3ccccc3-c3ccc4ccc(-c5ccc6oc7c8ccccc8ccc7c6c5)cc4c32)cc1. The Morgan fingerprint density at radius 1 is 0.391 bits per heavy atom. The Kier molecular flexibility index (Phi) is 5.27. The highest BCUT2D eigenvalue weighted by atomic mass is 16.3. The Hall–Kier alpha value is -5.92. The quantitative estimate of drug-likeness (QED) is 0.201. The summed E-state index contributed by atoms with van der Waals surface area (Å²) in [4.78, 5) is 0. The molecule has 1 nitrogen and oxygen atoms in total. The third-order valence-electron chi connectivity index (χ3n) is 10.1. The second kappa shape index (κ2) is 9.54. The minimum Gasteiger partial charge on any atom is -0.455 e. The molecule has 0 amide bonds. The first-order valence-electron chi connectivity index (χ1n) is 15.9. The smallest absolute Gasteiger partial charge is 0.143 e. The molecule has 0 atom stereocenters. The van der Waals surface area contributed by atoms with E-state index in [0.717, 1.165) is 27.3 Å². The van der Waals surface area contributed by atoms with E-state index >= 15 is 0 Å². The fourth-order valence-corrected chi connectivity index (χ4v) is 8.13. The van der Waals surface area contributed by atoms with Gasteiger partial charge in [0.15, 0.2) is 0 Å². The van der Waals surface area contributed by atoms with Crippen LogP contribution in [0.3, 0.4) is 0 Å². The normalized spacial score (nSPS) is 13.4. The van der Waals surface area contributed by atoms with Gasteiger partial charge in [-0.25, -0.2) is 0 Å². The lowest BCUT2D eigenvalue weighted by Crippen LogP contribution is -2.28. The van der Waals surface area contributed by atoms with Crippen molar-refractivity contribution in [1.29, 1.82) is 0 Å². The highest BCUT2D eigenvalue weighted by molar-refractivity contribution is 6.15. The van der Waals surface area contributed by atoms with Crippen LogP contribution < -0.4 is 0 Å². The molecular weight excluding hydrogens is 556 g/mol. The lowest BCUT2D eigenvalue weighted by atomic mass is 9.66. The van der Waals surface area contributed by atoms with Gasteiger partial charge in [0.1, 0.15) is 11.2 Å². The molecule has 9 aromatic rings. The maximum atomic E-state index is 6.45. The minimum absolute atomic E-state index is 0.446. The second-order valence-corrected chi connectivity index (χ2v) is 12.4. The summed E-state index contributed by atoms with van der Waals surface area (Å²) in [5.74, 6) is 0. The third kappa shape index (κ3) is 3.40. The van der Waals surface area contributed by atoms with E-state index in [1.54, 1.807) is 0 Å². The Labute approximate surface area is 267 Å².